The van der Waals surface area contributed by atoms with Crippen LogP contribution in [0.4, 0.5) is 0 Å². The van der Waals surface area contributed by atoms with Crippen LogP contribution in [0.2, 0.25) is 0 Å². The lowest BCUT2D eigenvalue weighted by Crippen LogP contribution is -2.46. The van der Waals surface area contributed by atoms with Crippen LogP contribution < -0.4 is 10.6 Å². The van der Waals surface area contributed by atoms with Gasteiger partial charge >= 0.3 is 0 Å². The second kappa shape index (κ2) is 6.34. The average molecular weight is 311 g/mol. The van der Waals surface area contributed by atoms with Gasteiger partial charge in [0.05, 0.1) is 6.42 Å². The molecular weight excluding hydrogens is 292 g/mol. The van der Waals surface area contributed by atoms with E-state index in [1.54, 1.807) is 0 Å². The Morgan fingerprint density at radius 3 is 3.00 bits per heavy atom. The normalized spacial score (nSPS) is 23.7. The Hall–Kier alpha value is -0.870. The molecule has 18 heavy (non-hydrogen) atoms. The maximum Gasteiger partial charge on any atom is 0.224 e. The summed E-state index contributed by atoms with van der Waals surface area (Å²) in [6.07, 6.45) is 2.48. The number of hydrogen-bond donors (Lipinski definition) is 2. The molecule has 0 aromatic heterocycles. The molecule has 2 unspecified atom stereocenters. The van der Waals surface area contributed by atoms with E-state index in [1.165, 1.54) is 0 Å². The highest BCUT2D eigenvalue weighted by Crippen LogP contribution is 2.16. The predicted molar refractivity (Wildman–Crippen MR) is 76.5 cm³/mol. The average Bonchev–Trinajstić information content (AvgIpc) is 2.32. The molecule has 1 aromatic carbocycles. The van der Waals surface area contributed by atoms with Crippen LogP contribution in [-0.4, -0.2) is 24.5 Å². The summed E-state index contributed by atoms with van der Waals surface area (Å²) in [6, 6.07) is 8.67. The Labute approximate surface area is 116 Å². The number of amides is 1. The Morgan fingerprint density at radius 2 is 2.28 bits per heavy atom. The first-order chi connectivity index (χ1) is 8.65. The van der Waals surface area contributed by atoms with Gasteiger partial charge in [-0.3, -0.25) is 4.79 Å². The van der Waals surface area contributed by atoms with Crippen molar-refractivity contribution in [3.63, 3.8) is 0 Å². The minimum absolute atomic E-state index is 0.112. The van der Waals surface area contributed by atoms with E-state index in [9.17, 15) is 4.79 Å². The van der Waals surface area contributed by atoms with Crippen molar-refractivity contribution in [2.75, 3.05) is 6.54 Å². The summed E-state index contributed by atoms with van der Waals surface area (Å²) < 4.78 is 0.999. The number of carbonyl (C=O) groups excluding carboxylic acids is 1. The standard InChI is InChI=1S/C14H19BrN2O/c1-10-8-12(6-7-16-10)17-14(18)9-11-4-2-3-5-13(11)15/h2-5,10,12,16H,6-9H2,1H3,(H,17,18). The molecule has 2 rings (SSSR count). The lowest BCUT2D eigenvalue weighted by Gasteiger charge is -2.28. The van der Waals surface area contributed by atoms with Crippen molar-refractivity contribution >= 4 is 21.8 Å². The van der Waals surface area contributed by atoms with Gasteiger partial charge in [-0.05, 0) is 37.9 Å². The highest BCUT2D eigenvalue weighted by molar-refractivity contribution is 9.10. The van der Waals surface area contributed by atoms with Crippen molar-refractivity contribution in [3.05, 3.63) is 34.3 Å². The van der Waals surface area contributed by atoms with Gasteiger partial charge in [0, 0.05) is 16.6 Å². The molecule has 0 spiro atoms. The van der Waals surface area contributed by atoms with Crippen molar-refractivity contribution in [1.29, 1.82) is 0 Å². The first kappa shape index (κ1) is 13.6. The molecule has 1 aliphatic rings. The summed E-state index contributed by atoms with van der Waals surface area (Å²) in [5.41, 5.74) is 1.04. The van der Waals surface area contributed by atoms with Gasteiger partial charge in [0.25, 0.3) is 0 Å². The second-order valence-corrected chi connectivity index (χ2v) is 5.77. The Kier molecular flexibility index (Phi) is 4.78. The van der Waals surface area contributed by atoms with Crippen LogP contribution in [-0.2, 0) is 11.2 Å². The van der Waals surface area contributed by atoms with Gasteiger partial charge in [-0.1, -0.05) is 34.1 Å². The van der Waals surface area contributed by atoms with Gasteiger partial charge in [-0.25, -0.2) is 0 Å². The molecule has 1 amide bonds. The third-order valence-electron chi connectivity index (χ3n) is 3.30. The van der Waals surface area contributed by atoms with Crippen LogP contribution in [0, 0.1) is 0 Å². The van der Waals surface area contributed by atoms with E-state index in [4.69, 9.17) is 0 Å². The van der Waals surface area contributed by atoms with Crippen molar-refractivity contribution in [2.45, 2.75) is 38.3 Å². The van der Waals surface area contributed by atoms with Crippen molar-refractivity contribution in [3.8, 4) is 0 Å². The summed E-state index contributed by atoms with van der Waals surface area (Å²) in [4.78, 5) is 12.0. The summed E-state index contributed by atoms with van der Waals surface area (Å²) in [6.45, 7) is 3.15. The maximum atomic E-state index is 12.0. The molecule has 3 nitrogen and oxygen atoms in total. The fourth-order valence-corrected chi connectivity index (χ4v) is 2.78. The molecule has 1 aromatic rings. The van der Waals surface area contributed by atoms with Gasteiger partial charge in [0.15, 0.2) is 0 Å². The quantitative estimate of drug-likeness (QED) is 0.899. The van der Waals surface area contributed by atoms with E-state index in [-0.39, 0.29) is 5.91 Å². The van der Waals surface area contributed by atoms with E-state index in [2.05, 4.69) is 33.5 Å². The molecule has 4 heteroatoms. The van der Waals surface area contributed by atoms with Crippen molar-refractivity contribution in [1.82, 2.24) is 10.6 Å². The van der Waals surface area contributed by atoms with Crippen molar-refractivity contribution < 1.29 is 4.79 Å². The number of halogens is 1. The van der Waals surface area contributed by atoms with Gasteiger partial charge in [0.2, 0.25) is 5.91 Å². The first-order valence-corrected chi connectivity index (χ1v) is 7.20. The number of rotatable bonds is 3. The molecule has 0 aliphatic carbocycles. The van der Waals surface area contributed by atoms with E-state index in [0.29, 0.717) is 18.5 Å². The zero-order valence-electron chi connectivity index (χ0n) is 10.6. The minimum Gasteiger partial charge on any atom is -0.353 e. The monoisotopic (exact) mass is 310 g/mol. The summed E-state index contributed by atoms with van der Waals surface area (Å²) in [5.74, 6) is 0.112. The molecule has 98 valence electrons. The number of piperidine rings is 1. The molecule has 2 atom stereocenters. The Morgan fingerprint density at radius 1 is 1.50 bits per heavy atom. The number of hydrogen-bond acceptors (Lipinski definition) is 2. The van der Waals surface area contributed by atoms with Crippen LogP contribution in [0.5, 0.6) is 0 Å². The van der Waals surface area contributed by atoms with Crippen LogP contribution in [0.25, 0.3) is 0 Å². The van der Waals surface area contributed by atoms with Gasteiger partial charge in [-0.15, -0.1) is 0 Å². The highest BCUT2D eigenvalue weighted by Gasteiger charge is 2.20. The van der Waals surface area contributed by atoms with Gasteiger partial charge in [0.1, 0.15) is 0 Å². The molecule has 1 heterocycles. The zero-order valence-corrected chi connectivity index (χ0v) is 12.2. The highest BCUT2D eigenvalue weighted by atomic mass is 79.9. The lowest BCUT2D eigenvalue weighted by molar-refractivity contribution is -0.121. The first-order valence-electron chi connectivity index (χ1n) is 6.41. The molecule has 1 fully saturated rings. The van der Waals surface area contributed by atoms with Crippen LogP contribution in [0.1, 0.15) is 25.3 Å². The van der Waals surface area contributed by atoms with Crippen LogP contribution in [0.3, 0.4) is 0 Å². The molecule has 1 aliphatic heterocycles. The lowest BCUT2D eigenvalue weighted by atomic mass is 10.0. The molecule has 0 saturated carbocycles. The summed E-state index contributed by atoms with van der Waals surface area (Å²) in [5, 5.41) is 6.51. The number of carbonyl (C=O) groups is 1. The van der Waals surface area contributed by atoms with Crippen LogP contribution >= 0.6 is 15.9 Å². The largest absolute Gasteiger partial charge is 0.353 e. The number of nitrogens with one attached hydrogen (secondary N) is 2. The maximum absolute atomic E-state index is 12.0. The SMILES string of the molecule is CC1CC(NC(=O)Cc2ccccc2Br)CCN1. The molecule has 0 bridgehead atoms. The zero-order chi connectivity index (χ0) is 13.0. The second-order valence-electron chi connectivity index (χ2n) is 4.91. The fourth-order valence-electron chi connectivity index (χ4n) is 2.36. The summed E-state index contributed by atoms with van der Waals surface area (Å²) >= 11 is 3.47. The smallest absolute Gasteiger partial charge is 0.224 e. The van der Waals surface area contributed by atoms with Crippen molar-refractivity contribution in [2.24, 2.45) is 0 Å². The van der Waals surface area contributed by atoms with E-state index < -0.39 is 0 Å². The van der Waals surface area contributed by atoms with Crippen LogP contribution in [0.15, 0.2) is 28.7 Å². The molecule has 1 saturated heterocycles. The fraction of sp³-hybridized carbons (Fsp3) is 0.500. The van der Waals surface area contributed by atoms with E-state index >= 15 is 0 Å². The van der Waals surface area contributed by atoms with Gasteiger partial charge < -0.3 is 10.6 Å². The Balaban J connectivity index is 1.87. The van der Waals surface area contributed by atoms with Gasteiger partial charge in [-0.2, -0.15) is 0 Å². The third kappa shape index (κ3) is 3.82. The topological polar surface area (TPSA) is 41.1 Å². The third-order valence-corrected chi connectivity index (χ3v) is 4.07. The molecule has 0 radical (unpaired) electrons. The number of benzene rings is 1. The molecular formula is C14H19BrN2O. The summed E-state index contributed by atoms with van der Waals surface area (Å²) in [7, 11) is 0. The molecule has 2 N–H and O–H groups in total. The Bertz CT molecular complexity index is 422. The predicted octanol–water partition coefficient (Wildman–Crippen LogP) is 2.25. The minimum atomic E-state index is 0.112. The van der Waals surface area contributed by atoms with E-state index in [0.717, 1.165) is 29.4 Å². The van der Waals surface area contributed by atoms with E-state index in [1.807, 2.05) is 24.3 Å².